The van der Waals surface area contributed by atoms with Crippen LogP contribution in [0.2, 0.25) is 0 Å². The molecule has 2 saturated heterocycles. The van der Waals surface area contributed by atoms with Crippen LogP contribution in [0, 0.1) is 5.82 Å². The third kappa shape index (κ3) is 2.23. The van der Waals surface area contributed by atoms with Gasteiger partial charge in [-0.3, -0.25) is 4.90 Å². The number of para-hydroxylation sites is 1. The van der Waals surface area contributed by atoms with E-state index >= 15 is 0 Å². The first-order valence-corrected chi connectivity index (χ1v) is 7.19. The van der Waals surface area contributed by atoms with Crippen LogP contribution in [0.4, 0.5) is 10.1 Å². The molecule has 19 heavy (non-hydrogen) atoms. The van der Waals surface area contributed by atoms with E-state index in [1.807, 2.05) is 6.07 Å². The predicted octanol–water partition coefficient (Wildman–Crippen LogP) is 1.96. The molecular formula is C15H22FN3. The average molecular weight is 263 g/mol. The molecule has 1 aromatic rings. The zero-order valence-corrected chi connectivity index (χ0v) is 11.5. The minimum absolute atomic E-state index is 0.138. The summed E-state index contributed by atoms with van der Waals surface area (Å²) in [5.74, 6) is -0.138. The second-order valence-corrected chi connectivity index (χ2v) is 5.74. The van der Waals surface area contributed by atoms with Gasteiger partial charge in [-0.25, -0.2) is 4.39 Å². The number of hydrogen-bond donors (Lipinski definition) is 1. The van der Waals surface area contributed by atoms with Crippen molar-refractivity contribution in [1.29, 1.82) is 0 Å². The second kappa shape index (κ2) is 5.10. The third-order valence-electron chi connectivity index (χ3n) is 4.51. The van der Waals surface area contributed by atoms with Gasteiger partial charge < -0.3 is 10.6 Å². The van der Waals surface area contributed by atoms with Crippen molar-refractivity contribution in [2.24, 2.45) is 5.73 Å². The van der Waals surface area contributed by atoms with Gasteiger partial charge in [-0.15, -0.1) is 0 Å². The van der Waals surface area contributed by atoms with Gasteiger partial charge in [0.25, 0.3) is 0 Å². The number of piperazine rings is 1. The van der Waals surface area contributed by atoms with Crippen molar-refractivity contribution in [2.75, 3.05) is 24.5 Å². The monoisotopic (exact) mass is 263 g/mol. The van der Waals surface area contributed by atoms with Gasteiger partial charge in [0, 0.05) is 31.7 Å². The smallest absolute Gasteiger partial charge is 0.146 e. The molecule has 0 aromatic heterocycles. The summed E-state index contributed by atoms with van der Waals surface area (Å²) in [6.07, 6.45) is 2.50. The molecule has 2 atom stereocenters. The molecule has 104 valence electrons. The predicted molar refractivity (Wildman–Crippen MR) is 75.7 cm³/mol. The summed E-state index contributed by atoms with van der Waals surface area (Å²) >= 11 is 0. The Labute approximate surface area is 114 Å². The molecule has 0 bridgehead atoms. The Morgan fingerprint density at radius 2 is 2.21 bits per heavy atom. The Hall–Kier alpha value is -1.13. The van der Waals surface area contributed by atoms with Crippen molar-refractivity contribution < 1.29 is 4.39 Å². The van der Waals surface area contributed by atoms with Crippen molar-refractivity contribution in [2.45, 2.75) is 38.4 Å². The summed E-state index contributed by atoms with van der Waals surface area (Å²) < 4.78 is 14.2. The first-order valence-electron chi connectivity index (χ1n) is 7.19. The minimum Gasteiger partial charge on any atom is -0.363 e. The van der Waals surface area contributed by atoms with E-state index in [0.29, 0.717) is 18.6 Å². The highest BCUT2D eigenvalue weighted by Crippen LogP contribution is 2.32. The molecule has 2 fully saturated rings. The largest absolute Gasteiger partial charge is 0.363 e. The number of benzene rings is 1. The third-order valence-corrected chi connectivity index (χ3v) is 4.51. The topological polar surface area (TPSA) is 32.5 Å². The maximum atomic E-state index is 14.2. The van der Waals surface area contributed by atoms with E-state index in [-0.39, 0.29) is 5.82 Å². The molecule has 2 aliphatic rings. The summed E-state index contributed by atoms with van der Waals surface area (Å²) in [7, 11) is 0. The minimum atomic E-state index is -0.138. The summed E-state index contributed by atoms with van der Waals surface area (Å²) in [6.45, 7) is 5.73. The van der Waals surface area contributed by atoms with E-state index < -0.39 is 0 Å². The van der Waals surface area contributed by atoms with Gasteiger partial charge in [-0.2, -0.15) is 0 Å². The number of halogens is 1. The van der Waals surface area contributed by atoms with Gasteiger partial charge in [-0.1, -0.05) is 12.1 Å². The van der Waals surface area contributed by atoms with Gasteiger partial charge in [0.2, 0.25) is 0 Å². The van der Waals surface area contributed by atoms with Crippen LogP contribution in [0.15, 0.2) is 18.2 Å². The van der Waals surface area contributed by atoms with E-state index in [9.17, 15) is 4.39 Å². The SMILES string of the molecule is CC1CN2CCCC2CN1c1c(F)cccc1CN. The highest BCUT2D eigenvalue weighted by atomic mass is 19.1. The van der Waals surface area contributed by atoms with Crippen molar-refractivity contribution in [3.63, 3.8) is 0 Å². The molecule has 4 heteroatoms. The number of fused-ring (bicyclic) bond motifs is 1. The average Bonchev–Trinajstić information content (AvgIpc) is 2.84. The van der Waals surface area contributed by atoms with Gasteiger partial charge in [0.15, 0.2) is 0 Å². The van der Waals surface area contributed by atoms with Crippen molar-refractivity contribution >= 4 is 5.69 Å². The Balaban J connectivity index is 1.93. The van der Waals surface area contributed by atoms with Crippen molar-refractivity contribution in [1.82, 2.24) is 4.90 Å². The molecule has 0 spiro atoms. The van der Waals surface area contributed by atoms with E-state index in [2.05, 4.69) is 16.7 Å². The Kier molecular flexibility index (Phi) is 3.46. The molecule has 2 aliphatic heterocycles. The lowest BCUT2D eigenvalue weighted by Gasteiger charge is -2.44. The molecule has 1 aromatic carbocycles. The van der Waals surface area contributed by atoms with Crippen LogP contribution in [-0.2, 0) is 6.54 Å². The van der Waals surface area contributed by atoms with E-state index in [4.69, 9.17) is 5.73 Å². The zero-order valence-electron chi connectivity index (χ0n) is 11.5. The van der Waals surface area contributed by atoms with Crippen LogP contribution in [0.1, 0.15) is 25.3 Å². The first kappa shape index (κ1) is 12.9. The summed E-state index contributed by atoms with van der Waals surface area (Å²) in [5, 5.41) is 0. The molecule has 3 nitrogen and oxygen atoms in total. The van der Waals surface area contributed by atoms with Gasteiger partial charge in [0.1, 0.15) is 5.82 Å². The van der Waals surface area contributed by atoms with Gasteiger partial charge >= 0.3 is 0 Å². The van der Waals surface area contributed by atoms with Crippen LogP contribution in [0.25, 0.3) is 0 Å². The van der Waals surface area contributed by atoms with Crippen molar-refractivity contribution in [3.8, 4) is 0 Å². The highest BCUT2D eigenvalue weighted by Gasteiger charge is 2.35. The number of hydrogen-bond acceptors (Lipinski definition) is 3. The zero-order chi connectivity index (χ0) is 13.4. The molecule has 2 heterocycles. The molecule has 0 saturated carbocycles. The first-order chi connectivity index (χ1) is 9.20. The van der Waals surface area contributed by atoms with Crippen LogP contribution >= 0.6 is 0 Å². The molecule has 0 amide bonds. The quantitative estimate of drug-likeness (QED) is 0.885. The Morgan fingerprint density at radius 1 is 1.37 bits per heavy atom. The van der Waals surface area contributed by atoms with E-state index in [1.54, 1.807) is 12.1 Å². The molecule has 0 aliphatic carbocycles. The standard InChI is InChI=1S/C15H22FN3/c1-11-9-18-7-3-5-13(18)10-19(11)15-12(8-17)4-2-6-14(15)16/h2,4,6,11,13H,3,5,7-10,17H2,1H3. The van der Waals surface area contributed by atoms with Crippen LogP contribution in [0.3, 0.4) is 0 Å². The second-order valence-electron chi connectivity index (χ2n) is 5.74. The van der Waals surface area contributed by atoms with Gasteiger partial charge in [-0.05, 0) is 37.9 Å². The lowest BCUT2D eigenvalue weighted by atomic mass is 10.0. The molecule has 0 radical (unpaired) electrons. The summed E-state index contributed by atoms with van der Waals surface area (Å²) in [4.78, 5) is 4.77. The maximum absolute atomic E-state index is 14.2. The fourth-order valence-electron chi connectivity index (χ4n) is 3.55. The Morgan fingerprint density at radius 3 is 3.00 bits per heavy atom. The van der Waals surface area contributed by atoms with E-state index in [0.717, 1.165) is 24.3 Å². The highest BCUT2D eigenvalue weighted by molar-refractivity contribution is 5.56. The lowest BCUT2D eigenvalue weighted by molar-refractivity contribution is 0.202. The van der Waals surface area contributed by atoms with Crippen LogP contribution in [0.5, 0.6) is 0 Å². The van der Waals surface area contributed by atoms with Crippen LogP contribution < -0.4 is 10.6 Å². The van der Waals surface area contributed by atoms with Crippen LogP contribution in [-0.4, -0.2) is 36.6 Å². The van der Waals surface area contributed by atoms with E-state index in [1.165, 1.54) is 19.4 Å². The number of rotatable bonds is 2. The molecule has 2 N–H and O–H groups in total. The summed E-state index contributed by atoms with van der Waals surface area (Å²) in [6, 6.07) is 6.16. The van der Waals surface area contributed by atoms with Gasteiger partial charge in [0.05, 0.1) is 5.69 Å². The number of nitrogens with zero attached hydrogens (tertiary/aromatic N) is 2. The lowest BCUT2D eigenvalue weighted by Crippen LogP contribution is -2.55. The normalized spacial score (nSPS) is 27.6. The number of anilines is 1. The maximum Gasteiger partial charge on any atom is 0.146 e. The fourth-order valence-corrected chi connectivity index (χ4v) is 3.55. The molecule has 3 rings (SSSR count). The number of nitrogens with two attached hydrogens (primary N) is 1. The molecular weight excluding hydrogens is 241 g/mol. The Bertz CT molecular complexity index is 463. The summed E-state index contributed by atoms with van der Waals surface area (Å²) in [5.41, 5.74) is 7.42. The fraction of sp³-hybridized carbons (Fsp3) is 0.600. The van der Waals surface area contributed by atoms with Crippen molar-refractivity contribution in [3.05, 3.63) is 29.6 Å². The molecule has 2 unspecified atom stereocenters.